The fourth-order valence-electron chi connectivity index (χ4n) is 9.24. The second-order valence-corrected chi connectivity index (χ2v) is 22.6. The minimum atomic E-state index is -1.16. The topological polar surface area (TPSA) is 341 Å². The number of likely N-dealkylation sites (N-methyl/N-ethyl adjacent to an activating group) is 1. The van der Waals surface area contributed by atoms with Crippen LogP contribution in [0.3, 0.4) is 0 Å². The molecule has 452 valence electrons. The van der Waals surface area contributed by atoms with Crippen molar-refractivity contribution in [3.8, 4) is 5.75 Å². The Morgan fingerprint density at radius 2 is 1.49 bits per heavy atom. The van der Waals surface area contributed by atoms with Gasteiger partial charge < -0.3 is 56.5 Å². The number of aromatic nitrogens is 1. The van der Waals surface area contributed by atoms with Gasteiger partial charge in [-0.1, -0.05) is 33.8 Å². The maximum Gasteiger partial charge on any atom is 0.303 e. The molecule has 0 saturated carbocycles. The highest BCUT2D eigenvalue weighted by molar-refractivity contribution is 7.09. The fraction of sp³-hybridized carbons (Fsp3) is 0.607. The molecule has 0 radical (unpaired) electrons. The van der Waals surface area contributed by atoms with Gasteiger partial charge in [-0.15, -0.1) is 11.3 Å². The molecule has 3 heterocycles. The number of esters is 1. The summed E-state index contributed by atoms with van der Waals surface area (Å²) in [6, 6.07) is -0.106. The molecule has 0 bridgehead atoms. The second kappa shape index (κ2) is 31.8. The van der Waals surface area contributed by atoms with Gasteiger partial charge in [0.25, 0.3) is 17.7 Å². The second-order valence-electron chi connectivity index (χ2n) is 21.8. The average Bonchev–Trinajstić information content (AvgIpc) is 4.32. The van der Waals surface area contributed by atoms with Crippen molar-refractivity contribution in [1.82, 2.24) is 46.3 Å². The zero-order valence-corrected chi connectivity index (χ0v) is 49.4. The predicted molar refractivity (Wildman–Crippen MR) is 302 cm³/mol. The van der Waals surface area contributed by atoms with E-state index in [0.29, 0.717) is 12.0 Å². The van der Waals surface area contributed by atoms with E-state index in [9.17, 15) is 63.0 Å². The van der Waals surface area contributed by atoms with E-state index in [-0.39, 0.29) is 117 Å². The maximum atomic E-state index is 14.3. The van der Waals surface area contributed by atoms with E-state index >= 15 is 0 Å². The Morgan fingerprint density at radius 3 is 2.11 bits per heavy atom. The number of nitrogens with zero attached hydrogens (tertiary/aromatic N) is 4. The zero-order chi connectivity index (χ0) is 61.0. The first-order chi connectivity index (χ1) is 38.6. The Labute approximate surface area is 482 Å². The molecule has 6 atom stereocenters. The van der Waals surface area contributed by atoms with Crippen LogP contribution < -0.4 is 31.9 Å². The molecule has 82 heavy (non-hydrogen) atoms. The molecule has 4 rings (SSSR count). The molecule has 9 amide bonds. The number of hydrogen-bond donors (Lipinski definition) is 8. The molecule has 1 saturated heterocycles. The quantitative estimate of drug-likeness (QED) is 0.0220. The van der Waals surface area contributed by atoms with Crippen molar-refractivity contribution >= 4 is 82.1 Å². The van der Waals surface area contributed by atoms with Gasteiger partial charge >= 0.3 is 11.9 Å². The van der Waals surface area contributed by atoms with Crippen LogP contribution >= 0.6 is 11.3 Å². The van der Waals surface area contributed by atoms with Crippen molar-refractivity contribution in [1.29, 1.82) is 0 Å². The Balaban J connectivity index is 1.31. The van der Waals surface area contributed by atoms with Crippen LogP contribution in [0.2, 0.25) is 0 Å². The number of carbonyl (C=O) groups excluding carboxylic acids is 10. The van der Waals surface area contributed by atoms with Crippen molar-refractivity contribution in [2.75, 3.05) is 51.8 Å². The number of amides is 9. The Bertz CT molecular complexity index is 2630. The number of imide groups is 1. The molecule has 1 aromatic carbocycles. The lowest BCUT2D eigenvalue weighted by Gasteiger charge is -2.39. The van der Waals surface area contributed by atoms with E-state index in [1.807, 2.05) is 41.5 Å². The van der Waals surface area contributed by atoms with Crippen LogP contribution in [0.4, 0.5) is 5.69 Å². The molecular formula is C56H82N10O15S. The zero-order valence-electron chi connectivity index (χ0n) is 48.6. The summed E-state index contributed by atoms with van der Waals surface area (Å²) in [7, 11) is 1.65. The molecular weight excluding hydrogens is 1080 g/mol. The van der Waals surface area contributed by atoms with Crippen molar-refractivity contribution < 1.29 is 72.4 Å². The first kappa shape index (κ1) is 67.2. The van der Waals surface area contributed by atoms with Gasteiger partial charge in [-0.05, 0) is 102 Å². The van der Waals surface area contributed by atoms with E-state index in [1.54, 1.807) is 11.9 Å². The van der Waals surface area contributed by atoms with Gasteiger partial charge in [-0.3, -0.25) is 62.5 Å². The van der Waals surface area contributed by atoms with E-state index in [0.717, 1.165) is 42.2 Å². The van der Waals surface area contributed by atoms with Gasteiger partial charge in [0.05, 0.1) is 24.4 Å². The third-order valence-corrected chi connectivity index (χ3v) is 15.1. The number of phenolic OH excluding ortho intramolecular Hbond substituents is 1. The highest BCUT2D eigenvalue weighted by Gasteiger charge is 2.41. The molecule has 1 aromatic heterocycles. The minimum Gasteiger partial charge on any atom is -0.506 e. The van der Waals surface area contributed by atoms with Gasteiger partial charge in [-0.25, -0.2) is 4.98 Å². The first-order valence-electron chi connectivity index (χ1n) is 27.7. The number of phenols is 1. The first-order valence-corrected chi connectivity index (χ1v) is 28.6. The molecule has 2 aromatic rings. The largest absolute Gasteiger partial charge is 0.506 e. The molecule has 2 aliphatic heterocycles. The smallest absolute Gasteiger partial charge is 0.303 e. The van der Waals surface area contributed by atoms with Crippen LogP contribution in [0.15, 0.2) is 35.7 Å². The number of nitrogens with one attached hydrogen (secondary N) is 6. The number of hydrogen-bond acceptors (Lipinski definition) is 17. The SMILES string of the molecule is CC(=O)O[C@H](C[C@H](C(C)C)N(C)C(=O)[C@@H](NC(=O)C(C)(C)N1CCCC1)C(C)C)c1nc(C(=O)N[C@H](CCC(=O)O)Cc2ccc(O)c(NC(=O)[C@H](C)NC(=O)[C@H](C)NC(=O)CCOCCNC(=O)CCCN3C(=O)C=CC3=O)c2)cs1. The van der Waals surface area contributed by atoms with E-state index < -0.39 is 89.2 Å². The number of anilines is 1. The maximum absolute atomic E-state index is 14.3. The molecule has 25 nitrogen and oxygen atoms in total. The molecule has 0 aliphatic carbocycles. The number of likely N-dealkylation sites (tertiary alicyclic amines) is 1. The van der Waals surface area contributed by atoms with Gasteiger partial charge in [-0.2, -0.15) is 0 Å². The monoisotopic (exact) mass is 1170 g/mol. The summed E-state index contributed by atoms with van der Waals surface area (Å²) >= 11 is 1.07. The summed E-state index contributed by atoms with van der Waals surface area (Å²) < 4.78 is 11.2. The average molecular weight is 1170 g/mol. The summed E-state index contributed by atoms with van der Waals surface area (Å²) in [5.74, 6) is -6.77. The normalized spacial score (nSPS) is 15.7. The predicted octanol–water partition coefficient (Wildman–Crippen LogP) is 2.72. The molecule has 2 aliphatic rings. The lowest BCUT2D eigenvalue weighted by molar-refractivity contribution is -0.149. The number of rotatable bonds is 33. The van der Waals surface area contributed by atoms with E-state index in [4.69, 9.17) is 9.47 Å². The van der Waals surface area contributed by atoms with Gasteiger partial charge in [0.2, 0.25) is 35.4 Å². The molecule has 0 spiro atoms. The van der Waals surface area contributed by atoms with Crippen LogP contribution in [-0.4, -0.2) is 177 Å². The van der Waals surface area contributed by atoms with Gasteiger partial charge in [0.1, 0.15) is 34.6 Å². The number of aromatic hydroxyl groups is 1. The summed E-state index contributed by atoms with van der Waals surface area (Å²) in [6.45, 7) is 17.3. The number of ether oxygens (including phenoxy) is 2. The minimum absolute atomic E-state index is 0.0191. The van der Waals surface area contributed by atoms with Gasteiger partial charge in [0, 0.05) is 82.4 Å². The number of thiazole rings is 1. The van der Waals surface area contributed by atoms with Crippen LogP contribution in [0, 0.1) is 11.8 Å². The van der Waals surface area contributed by atoms with Crippen molar-refractivity contribution in [2.24, 2.45) is 11.8 Å². The van der Waals surface area contributed by atoms with Crippen LogP contribution in [0.5, 0.6) is 5.75 Å². The molecule has 26 heteroatoms. The van der Waals surface area contributed by atoms with Crippen LogP contribution in [-0.2, 0) is 63.8 Å². The lowest BCUT2D eigenvalue weighted by atomic mass is 9.93. The Morgan fingerprint density at radius 1 is 0.829 bits per heavy atom. The summed E-state index contributed by atoms with van der Waals surface area (Å²) in [5, 5.41) is 38.2. The summed E-state index contributed by atoms with van der Waals surface area (Å²) in [6.07, 6.45) is 3.42. The van der Waals surface area contributed by atoms with Crippen molar-refractivity contribution in [3.63, 3.8) is 0 Å². The number of carbonyl (C=O) groups is 11. The molecule has 8 N–H and O–H groups in total. The standard InChI is InChI=1S/C56H82N10O15S/c1-32(2)41(64(10)54(78)49(33(3)4)63-55(79)56(8,9)65-23-11-12-24-65)30-43(81-36(7)67)53-62-40(31-82-53)52(77)60-38(16-20-48(73)74)28-37-15-17-42(68)39(29-37)61-51(76)35(6)59-50(75)34(5)58-45(70)21-26-80-27-22-57-44(69)14-13-25-66-46(71)18-19-47(66)72/h15,17-19,29,31-35,38,41,43,49,68H,11-14,16,20-28,30H2,1-10H3,(H,57,69)(H,58,70)(H,59,75)(H,60,77)(H,61,76)(H,63,79)(H,73,74)/t34-,35-,38+,41+,43+,49-/m0/s1. The molecule has 0 unspecified atom stereocenters. The summed E-state index contributed by atoms with van der Waals surface area (Å²) in [4.78, 5) is 149. The van der Waals surface area contributed by atoms with E-state index in [1.165, 1.54) is 56.5 Å². The fourth-order valence-corrected chi connectivity index (χ4v) is 10.1. The number of benzene rings is 1. The van der Waals surface area contributed by atoms with Gasteiger partial charge in [0.15, 0.2) is 6.10 Å². The Hall–Kier alpha value is -7.32. The van der Waals surface area contributed by atoms with Crippen molar-refractivity contribution in [3.05, 3.63) is 52.0 Å². The van der Waals surface area contributed by atoms with Crippen molar-refractivity contribution in [2.45, 2.75) is 162 Å². The van der Waals surface area contributed by atoms with Crippen LogP contribution in [0.1, 0.15) is 141 Å². The summed E-state index contributed by atoms with van der Waals surface area (Å²) in [5.41, 5.74) is -0.432. The third kappa shape index (κ3) is 20.6. The number of carboxylic acid groups (broad SMARTS) is 1. The highest BCUT2D eigenvalue weighted by atomic mass is 32.1. The number of carboxylic acids is 1. The van der Waals surface area contributed by atoms with E-state index in [2.05, 4.69) is 41.8 Å². The highest BCUT2D eigenvalue weighted by Crippen LogP contribution is 2.32. The third-order valence-electron chi connectivity index (χ3n) is 14.2. The molecule has 1 fully saturated rings. The Kier molecular flexibility index (Phi) is 26.0. The number of aliphatic carboxylic acids is 1. The lowest BCUT2D eigenvalue weighted by Crippen LogP contribution is -2.60. The van der Waals surface area contributed by atoms with Crippen LogP contribution in [0.25, 0.3) is 0 Å².